The van der Waals surface area contributed by atoms with Crippen molar-refractivity contribution in [2.24, 2.45) is 0 Å². The van der Waals surface area contributed by atoms with Gasteiger partial charge in [-0.2, -0.15) is 0 Å². The molecule has 2 aromatic rings. The van der Waals surface area contributed by atoms with Crippen LogP contribution in [-0.2, 0) is 24.8 Å². The van der Waals surface area contributed by atoms with Crippen molar-refractivity contribution in [3.05, 3.63) is 54.1 Å². The van der Waals surface area contributed by atoms with Crippen molar-refractivity contribution in [1.82, 2.24) is 4.13 Å². The van der Waals surface area contributed by atoms with Gasteiger partial charge >= 0.3 is 0 Å². The third kappa shape index (κ3) is 5.89. The first-order valence-electron chi connectivity index (χ1n) is 7.85. The molecule has 9 heteroatoms. The lowest BCUT2D eigenvalue weighted by atomic mass is 10.0. The van der Waals surface area contributed by atoms with Crippen LogP contribution in [-0.4, -0.2) is 47.5 Å². The van der Waals surface area contributed by atoms with Crippen molar-refractivity contribution in [3.63, 3.8) is 0 Å². The minimum atomic E-state index is -4.21. The van der Waals surface area contributed by atoms with Gasteiger partial charge < -0.3 is 9.84 Å². The molecule has 0 radical (unpaired) electrons. The largest absolute Gasteiger partial charge is 0.394 e. The van der Waals surface area contributed by atoms with Crippen LogP contribution in [0.2, 0.25) is 0 Å². The average Bonchev–Trinajstić information content (AvgIpc) is 2.59. The maximum atomic E-state index is 12.3. The van der Waals surface area contributed by atoms with Crippen molar-refractivity contribution in [2.75, 3.05) is 25.6 Å². The standard InChI is InChI=1S/C17H21NO6S2/c1-14-2-4-15(5-3-14)16-6-8-17(9-7-16)26(22,23)18-25(20,21)13-12-24-11-10-19/h2-9,18-19H,10-13H2,1H3. The number of aliphatic hydroxyl groups is 1. The summed E-state index contributed by atoms with van der Waals surface area (Å²) in [7, 11) is -8.29. The van der Waals surface area contributed by atoms with Crippen molar-refractivity contribution >= 4 is 20.0 Å². The molecule has 0 atom stereocenters. The number of hydrogen-bond donors (Lipinski definition) is 2. The zero-order chi connectivity index (χ0) is 19.2. The maximum absolute atomic E-state index is 12.3. The smallest absolute Gasteiger partial charge is 0.253 e. The molecular formula is C17H21NO6S2. The van der Waals surface area contributed by atoms with E-state index in [1.165, 1.54) is 12.1 Å². The summed E-state index contributed by atoms with van der Waals surface area (Å²) in [6, 6.07) is 13.7. The van der Waals surface area contributed by atoms with Crippen molar-refractivity contribution in [3.8, 4) is 11.1 Å². The molecule has 0 amide bonds. The van der Waals surface area contributed by atoms with Gasteiger partial charge in [0.1, 0.15) is 0 Å². The average molecular weight is 399 g/mol. The topological polar surface area (TPSA) is 110 Å². The first-order chi connectivity index (χ1) is 12.2. The van der Waals surface area contributed by atoms with Gasteiger partial charge in [-0.15, -0.1) is 4.13 Å². The zero-order valence-electron chi connectivity index (χ0n) is 14.3. The fraction of sp³-hybridized carbons (Fsp3) is 0.294. The van der Waals surface area contributed by atoms with Gasteiger partial charge in [0.05, 0.1) is 30.5 Å². The van der Waals surface area contributed by atoms with Crippen LogP contribution in [0.1, 0.15) is 5.56 Å². The second-order valence-corrected chi connectivity index (χ2v) is 9.41. The van der Waals surface area contributed by atoms with E-state index in [-0.39, 0.29) is 24.7 Å². The Morgan fingerprint density at radius 1 is 0.885 bits per heavy atom. The number of hydrogen-bond acceptors (Lipinski definition) is 6. The summed E-state index contributed by atoms with van der Waals surface area (Å²) in [5, 5.41) is 8.56. The summed E-state index contributed by atoms with van der Waals surface area (Å²) in [4.78, 5) is -0.145. The molecule has 0 bridgehead atoms. The molecule has 0 aliphatic carbocycles. The maximum Gasteiger partial charge on any atom is 0.253 e. The number of aliphatic hydroxyl groups excluding tert-OH is 1. The van der Waals surface area contributed by atoms with E-state index in [1.807, 2.05) is 31.2 Å². The molecule has 7 nitrogen and oxygen atoms in total. The summed E-state index contributed by atoms with van der Waals surface area (Å²) in [6.45, 7) is 1.51. The van der Waals surface area contributed by atoms with E-state index in [2.05, 4.69) is 0 Å². The Hall–Kier alpha value is -1.78. The predicted molar refractivity (Wildman–Crippen MR) is 98.6 cm³/mol. The Bertz CT molecular complexity index is 920. The van der Waals surface area contributed by atoms with E-state index in [1.54, 1.807) is 16.3 Å². The van der Waals surface area contributed by atoms with Crippen LogP contribution in [0.15, 0.2) is 53.4 Å². The molecule has 0 heterocycles. The highest BCUT2D eigenvalue weighted by atomic mass is 32.3. The molecule has 0 saturated carbocycles. The number of nitrogens with one attached hydrogen (secondary N) is 1. The molecule has 0 aliphatic heterocycles. The number of aryl methyl sites for hydroxylation is 1. The van der Waals surface area contributed by atoms with E-state index in [0.717, 1.165) is 16.7 Å². The van der Waals surface area contributed by atoms with Gasteiger partial charge in [0.15, 0.2) is 0 Å². The lowest BCUT2D eigenvalue weighted by Gasteiger charge is -2.09. The lowest BCUT2D eigenvalue weighted by Crippen LogP contribution is -2.34. The molecule has 0 saturated heterocycles. The first-order valence-corrected chi connectivity index (χ1v) is 11.0. The van der Waals surface area contributed by atoms with Gasteiger partial charge in [-0.1, -0.05) is 42.0 Å². The quantitative estimate of drug-likeness (QED) is 0.615. The van der Waals surface area contributed by atoms with Gasteiger partial charge in [-0.25, -0.2) is 16.8 Å². The monoisotopic (exact) mass is 399 g/mol. The number of rotatable bonds is 9. The Morgan fingerprint density at radius 2 is 1.42 bits per heavy atom. The van der Waals surface area contributed by atoms with Crippen molar-refractivity contribution < 1.29 is 26.7 Å². The Kier molecular flexibility index (Phi) is 6.90. The van der Waals surface area contributed by atoms with Crippen LogP contribution in [0.5, 0.6) is 0 Å². The van der Waals surface area contributed by atoms with Gasteiger partial charge in [0.25, 0.3) is 10.0 Å². The summed E-state index contributed by atoms with van der Waals surface area (Å²) in [5.41, 5.74) is 2.87. The van der Waals surface area contributed by atoms with Crippen LogP contribution in [0, 0.1) is 6.92 Å². The SMILES string of the molecule is Cc1ccc(-c2ccc(S(=O)(=O)NS(=O)(=O)CCOCCO)cc2)cc1. The van der Waals surface area contributed by atoms with Gasteiger partial charge in [-0.05, 0) is 30.2 Å². The molecule has 2 N–H and O–H groups in total. The number of sulfonamides is 2. The van der Waals surface area contributed by atoms with Crippen molar-refractivity contribution in [2.45, 2.75) is 11.8 Å². The Balaban J connectivity index is 2.10. The predicted octanol–water partition coefficient (Wildman–Crippen LogP) is 1.28. The summed E-state index contributed by atoms with van der Waals surface area (Å²) in [6.07, 6.45) is 0. The molecule has 2 aromatic carbocycles. The van der Waals surface area contributed by atoms with Gasteiger partial charge in [-0.3, -0.25) is 0 Å². The molecule has 26 heavy (non-hydrogen) atoms. The Morgan fingerprint density at radius 3 is 1.96 bits per heavy atom. The van der Waals surface area contributed by atoms with Crippen LogP contribution in [0.4, 0.5) is 0 Å². The minimum absolute atomic E-state index is 0.0112. The molecule has 0 spiro atoms. The fourth-order valence-corrected chi connectivity index (χ4v) is 5.05. The summed E-state index contributed by atoms with van der Waals surface area (Å²) in [5.74, 6) is -0.520. The normalized spacial score (nSPS) is 12.2. The third-order valence-corrected chi connectivity index (χ3v) is 7.01. The molecule has 0 unspecified atom stereocenters. The molecule has 0 aromatic heterocycles. The van der Waals surface area contributed by atoms with E-state index in [9.17, 15) is 16.8 Å². The molecule has 142 valence electrons. The van der Waals surface area contributed by atoms with Crippen LogP contribution in [0.25, 0.3) is 11.1 Å². The van der Waals surface area contributed by atoms with E-state index in [0.29, 0.717) is 0 Å². The summed E-state index contributed by atoms with van der Waals surface area (Å²) < 4.78 is 54.8. The lowest BCUT2D eigenvalue weighted by molar-refractivity contribution is 0.103. The molecule has 0 fully saturated rings. The number of benzene rings is 2. The Labute approximate surface area is 153 Å². The molecule has 0 aliphatic rings. The van der Waals surface area contributed by atoms with E-state index in [4.69, 9.17) is 9.84 Å². The van der Waals surface area contributed by atoms with E-state index >= 15 is 0 Å². The van der Waals surface area contributed by atoms with E-state index < -0.39 is 25.8 Å². The zero-order valence-corrected chi connectivity index (χ0v) is 15.9. The second kappa shape index (κ2) is 8.74. The highest BCUT2D eigenvalue weighted by molar-refractivity contribution is 8.04. The van der Waals surface area contributed by atoms with Crippen molar-refractivity contribution in [1.29, 1.82) is 0 Å². The molecular weight excluding hydrogens is 378 g/mol. The molecule has 2 rings (SSSR count). The highest BCUT2D eigenvalue weighted by Gasteiger charge is 2.22. The minimum Gasteiger partial charge on any atom is -0.394 e. The van der Waals surface area contributed by atoms with Crippen LogP contribution < -0.4 is 4.13 Å². The van der Waals surface area contributed by atoms with Crippen LogP contribution in [0.3, 0.4) is 0 Å². The first kappa shape index (κ1) is 20.5. The van der Waals surface area contributed by atoms with Gasteiger partial charge in [0, 0.05) is 0 Å². The third-order valence-electron chi connectivity index (χ3n) is 3.52. The van der Waals surface area contributed by atoms with Gasteiger partial charge in [0.2, 0.25) is 10.0 Å². The fourth-order valence-electron chi connectivity index (χ4n) is 2.16. The highest BCUT2D eigenvalue weighted by Crippen LogP contribution is 2.22. The number of ether oxygens (including phenoxy) is 1. The van der Waals surface area contributed by atoms with Crippen LogP contribution >= 0.6 is 0 Å². The second-order valence-electron chi connectivity index (χ2n) is 5.63. The summed E-state index contributed by atoms with van der Waals surface area (Å²) >= 11 is 0.